The first-order valence-corrected chi connectivity index (χ1v) is 7.01. The van der Waals surface area contributed by atoms with Crippen molar-refractivity contribution in [2.75, 3.05) is 45.8 Å². The van der Waals surface area contributed by atoms with Crippen molar-refractivity contribution < 1.29 is 19.0 Å². The number of anilines is 1. The lowest BCUT2D eigenvalue weighted by molar-refractivity contribution is 0.144. The average Bonchev–Trinajstić information content (AvgIpc) is 2.49. The molecular formula is C15H24N2O4. The van der Waals surface area contributed by atoms with Gasteiger partial charge in [-0.15, -0.1) is 0 Å². The van der Waals surface area contributed by atoms with E-state index in [0.717, 1.165) is 0 Å². The Balaban J connectivity index is 2.79. The lowest BCUT2D eigenvalue weighted by Crippen LogP contribution is -2.34. The molecule has 1 N–H and O–H groups in total. The van der Waals surface area contributed by atoms with E-state index in [2.05, 4.69) is 5.32 Å². The number of nitrogens with zero attached hydrogens (tertiary/aromatic N) is 1. The molecule has 1 rings (SSSR count). The predicted octanol–water partition coefficient (Wildman–Crippen LogP) is 2.59. The molecule has 118 valence electrons. The van der Waals surface area contributed by atoms with Gasteiger partial charge in [-0.3, -0.25) is 0 Å². The van der Waals surface area contributed by atoms with Gasteiger partial charge in [0.2, 0.25) is 0 Å². The fourth-order valence-electron chi connectivity index (χ4n) is 1.82. The molecule has 0 aliphatic rings. The second kappa shape index (κ2) is 9.07. The van der Waals surface area contributed by atoms with Crippen LogP contribution in [0.5, 0.6) is 11.5 Å². The van der Waals surface area contributed by atoms with Gasteiger partial charge in [0.1, 0.15) is 6.61 Å². The van der Waals surface area contributed by atoms with Gasteiger partial charge >= 0.3 is 6.03 Å². The Bertz CT molecular complexity index is 447. The molecule has 0 unspecified atom stereocenters. The summed E-state index contributed by atoms with van der Waals surface area (Å²) >= 11 is 0. The van der Waals surface area contributed by atoms with Crippen molar-refractivity contribution in [2.45, 2.75) is 13.8 Å². The molecule has 0 bridgehead atoms. The van der Waals surface area contributed by atoms with Gasteiger partial charge in [0.25, 0.3) is 0 Å². The largest absolute Gasteiger partial charge is 0.493 e. The van der Waals surface area contributed by atoms with Crippen molar-refractivity contribution in [1.29, 1.82) is 0 Å². The van der Waals surface area contributed by atoms with Gasteiger partial charge in [-0.25, -0.2) is 4.79 Å². The van der Waals surface area contributed by atoms with Crippen LogP contribution in [0.2, 0.25) is 0 Å². The number of methoxy groups -OCH3 is 2. The molecule has 6 nitrogen and oxygen atoms in total. The smallest absolute Gasteiger partial charge is 0.321 e. The van der Waals surface area contributed by atoms with Crippen LogP contribution in [0, 0.1) is 0 Å². The van der Waals surface area contributed by atoms with Gasteiger partial charge in [0.05, 0.1) is 13.7 Å². The Kier molecular flexibility index (Phi) is 7.39. The van der Waals surface area contributed by atoms with Crippen LogP contribution in [0.3, 0.4) is 0 Å². The second-order valence-electron chi connectivity index (χ2n) is 4.31. The summed E-state index contributed by atoms with van der Waals surface area (Å²) in [5.74, 6) is 1.19. The highest BCUT2D eigenvalue weighted by Gasteiger charge is 2.11. The molecule has 0 spiro atoms. The van der Waals surface area contributed by atoms with E-state index in [1.807, 2.05) is 13.8 Å². The van der Waals surface area contributed by atoms with E-state index < -0.39 is 0 Å². The van der Waals surface area contributed by atoms with Gasteiger partial charge in [0.15, 0.2) is 11.5 Å². The normalized spacial score (nSPS) is 10.1. The minimum atomic E-state index is -0.131. The maximum Gasteiger partial charge on any atom is 0.321 e. The molecule has 2 amide bonds. The zero-order valence-electron chi connectivity index (χ0n) is 13.1. The summed E-state index contributed by atoms with van der Waals surface area (Å²) in [5.41, 5.74) is 0.667. The molecule has 0 aliphatic carbocycles. The molecule has 21 heavy (non-hydrogen) atoms. The summed E-state index contributed by atoms with van der Waals surface area (Å²) in [5, 5.41) is 2.85. The van der Waals surface area contributed by atoms with Crippen molar-refractivity contribution >= 4 is 11.7 Å². The number of hydrogen-bond acceptors (Lipinski definition) is 4. The van der Waals surface area contributed by atoms with Crippen LogP contribution in [-0.4, -0.2) is 51.5 Å². The molecule has 0 saturated carbocycles. The third-order valence-electron chi connectivity index (χ3n) is 3.01. The lowest BCUT2D eigenvalue weighted by Gasteiger charge is -2.20. The van der Waals surface area contributed by atoms with E-state index in [1.165, 1.54) is 0 Å². The summed E-state index contributed by atoms with van der Waals surface area (Å²) < 4.78 is 15.8. The third-order valence-corrected chi connectivity index (χ3v) is 3.01. The molecule has 1 aromatic carbocycles. The number of carbonyl (C=O) groups is 1. The average molecular weight is 296 g/mol. The van der Waals surface area contributed by atoms with Gasteiger partial charge in [0, 0.05) is 32.0 Å². The SMILES string of the molecule is CCN(CC)C(=O)Nc1ccc(OC)c(OCCOC)c1. The quantitative estimate of drug-likeness (QED) is 0.749. The molecule has 6 heteroatoms. The van der Waals surface area contributed by atoms with Gasteiger partial charge in [-0.1, -0.05) is 0 Å². The van der Waals surface area contributed by atoms with Crippen molar-refractivity contribution in [3.05, 3.63) is 18.2 Å². The number of benzene rings is 1. The Morgan fingerprint density at radius 3 is 2.43 bits per heavy atom. The van der Waals surface area contributed by atoms with E-state index in [0.29, 0.717) is 43.5 Å². The maximum absolute atomic E-state index is 12.0. The number of amides is 2. The summed E-state index contributed by atoms with van der Waals surface area (Å²) in [4.78, 5) is 13.7. The summed E-state index contributed by atoms with van der Waals surface area (Å²) in [6.45, 7) is 6.11. The first-order chi connectivity index (χ1) is 10.2. The Morgan fingerprint density at radius 1 is 1.14 bits per heavy atom. The highest BCUT2D eigenvalue weighted by atomic mass is 16.5. The minimum absolute atomic E-state index is 0.131. The highest BCUT2D eigenvalue weighted by Crippen LogP contribution is 2.30. The fourth-order valence-corrected chi connectivity index (χ4v) is 1.82. The monoisotopic (exact) mass is 296 g/mol. The Morgan fingerprint density at radius 2 is 1.86 bits per heavy atom. The maximum atomic E-state index is 12.0. The van der Waals surface area contributed by atoms with E-state index in [-0.39, 0.29) is 6.03 Å². The number of nitrogens with one attached hydrogen (secondary N) is 1. The highest BCUT2D eigenvalue weighted by molar-refractivity contribution is 5.89. The zero-order valence-corrected chi connectivity index (χ0v) is 13.1. The third kappa shape index (κ3) is 5.15. The predicted molar refractivity (Wildman–Crippen MR) is 82.3 cm³/mol. The second-order valence-corrected chi connectivity index (χ2v) is 4.31. The zero-order chi connectivity index (χ0) is 15.7. The van der Waals surface area contributed by atoms with Crippen LogP contribution in [0.4, 0.5) is 10.5 Å². The van der Waals surface area contributed by atoms with Crippen LogP contribution in [0.25, 0.3) is 0 Å². The molecule has 1 aromatic rings. The molecule has 0 aromatic heterocycles. The molecule has 0 saturated heterocycles. The van der Waals surface area contributed by atoms with Crippen LogP contribution in [-0.2, 0) is 4.74 Å². The number of hydrogen-bond donors (Lipinski definition) is 1. The standard InChI is InChI=1S/C15H24N2O4/c1-5-17(6-2)15(18)16-12-7-8-13(20-4)14(11-12)21-10-9-19-3/h7-8,11H,5-6,9-10H2,1-4H3,(H,16,18). The van der Waals surface area contributed by atoms with Crippen LogP contribution in [0.1, 0.15) is 13.8 Å². The summed E-state index contributed by atoms with van der Waals surface area (Å²) in [7, 11) is 3.19. The van der Waals surface area contributed by atoms with Crippen molar-refractivity contribution in [3.63, 3.8) is 0 Å². The Hall–Kier alpha value is -1.95. The molecule has 0 radical (unpaired) electrons. The van der Waals surface area contributed by atoms with Gasteiger partial charge in [-0.2, -0.15) is 0 Å². The van der Waals surface area contributed by atoms with Crippen molar-refractivity contribution in [2.24, 2.45) is 0 Å². The first kappa shape index (κ1) is 17.1. The summed E-state index contributed by atoms with van der Waals surface area (Å²) in [6.07, 6.45) is 0. The fraction of sp³-hybridized carbons (Fsp3) is 0.533. The first-order valence-electron chi connectivity index (χ1n) is 7.01. The van der Waals surface area contributed by atoms with Crippen LogP contribution >= 0.6 is 0 Å². The van der Waals surface area contributed by atoms with Crippen molar-refractivity contribution in [1.82, 2.24) is 4.90 Å². The van der Waals surface area contributed by atoms with Gasteiger partial charge in [-0.05, 0) is 26.0 Å². The van der Waals surface area contributed by atoms with E-state index in [1.54, 1.807) is 37.3 Å². The van der Waals surface area contributed by atoms with Gasteiger partial charge < -0.3 is 24.4 Å². The lowest BCUT2D eigenvalue weighted by atomic mass is 10.2. The molecule has 0 fully saturated rings. The van der Waals surface area contributed by atoms with Crippen molar-refractivity contribution in [3.8, 4) is 11.5 Å². The van der Waals surface area contributed by atoms with Crippen LogP contribution < -0.4 is 14.8 Å². The number of urea groups is 1. The molecule has 0 atom stereocenters. The number of ether oxygens (including phenoxy) is 3. The number of carbonyl (C=O) groups excluding carboxylic acids is 1. The van der Waals surface area contributed by atoms with E-state index >= 15 is 0 Å². The molecular weight excluding hydrogens is 272 g/mol. The summed E-state index contributed by atoms with van der Waals surface area (Å²) in [6, 6.07) is 5.16. The van der Waals surface area contributed by atoms with E-state index in [9.17, 15) is 4.79 Å². The van der Waals surface area contributed by atoms with Crippen LogP contribution in [0.15, 0.2) is 18.2 Å². The minimum Gasteiger partial charge on any atom is -0.493 e. The van der Waals surface area contributed by atoms with E-state index in [4.69, 9.17) is 14.2 Å². The topological polar surface area (TPSA) is 60.0 Å². The Labute approximate surface area is 126 Å². The molecule has 0 heterocycles. The number of rotatable bonds is 8. The molecule has 0 aliphatic heterocycles.